The number of anilines is 1. The van der Waals surface area contributed by atoms with Gasteiger partial charge in [-0.1, -0.05) is 24.3 Å². The zero-order chi connectivity index (χ0) is 21.9. The molecule has 8 nitrogen and oxygen atoms in total. The fraction of sp³-hybridized carbons (Fsp3) is 0.318. The Morgan fingerprint density at radius 1 is 0.933 bits per heavy atom. The number of para-hydroxylation sites is 2. The second-order valence-electron chi connectivity index (χ2n) is 6.67. The van der Waals surface area contributed by atoms with Gasteiger partial charge in [-0.3, -0.25) is 9.59 Å². The molecule has 160 valence electrons. The summed E-state index contributed by atoms with van der Waals surface area (Å²) in [5.41, 5.74) is 1.92. The van der Waals surface area contributed by atoms with Gasteiger partial charge in [0.25, 0.3) is 11.8 Å². The lowest BCUT2D eigenvalue weighted by Crippen LogP contribution is -3.13. The van der Waals surface area contributed by atoms with Crippen LogP contribution in [0.25, 0.3) is 0 Å². The van der Waals surface area contributed by atoms with Crippen LogP contribution in [-0.2, 0) is 20.9 Å². The Bertz CT molecular complexity index is 867. The molecule has 0 bridgehead atoms. The predicted octanol–water partition coefficient (Wildman–Crippen LogP) is 0.642. The first-order valence-corrected chi connectivity index (χ1v) is 9.67. The minimum atomic E-state index is -0.404. The molecular weight excluding hydrogens is 386 g/mol. The molecule has 2 aromatic rings. The van der Waals surface area contributed by atoms with E-state index in [1.54, 1.807) is 43.5 Å². The number of amides is 2. The number of rotatable bonds is 10. The molecule has 1 unspecified atom stereocenters. The van der Waals surface area contributed by atoms with Crippen LogP contribution in [0, 0.1) is 0 Å². The molecule has 1 atom stereocenters. The molecule has 0 radical (unpaired) electrons. The lowest BCUT2D eigenvalue weighted by molar-refractivity contribution is -0.881. The van der Waals surface area contributed by atoms with Crippen molar-refractivity contribution < 1.29 is 28.8 Å². The Kier molecular flexibility index (Phi) is 8.83. The lowest BCUT2D eigenvalue weighted by Gasteiger charge is -2.17. The summed E-state index contributed by atoms with van der Waals surface area (Å²) in [6.07, 6.45) is 0. The number of ether oxygens (including phenoxy) is 2. The van der Waals surface area contributed by atoms with E-state index in [1.807, 2.05) is 19.1 Å². The largest absolute Gasteiger partial charge is 0.495 e. The number of carbonyl (C=O) groups is 3. The second-order valence-corrected chi connectivity index (χ2v) is 6.67. The van der Waals surface area contributed by atoms with Crippen LogP contribution in [0.1, 0.15) is 22.8 Å². The van der Waals surface area contributed by atoms with Gasteiger partial charge >= 0.3 is 5.97 Å². The van der Waals surface area contributed by atoms with Gasteiger partial charge in [0.1, 0.15) is 5.75 Å². The Hall–Kier alpha value is -3.39. The maximum Gasteiger partial charge on any atom is 0.337 e. The summed E-state index contributed by atoms with van der Waals surface area (Å²) in [6, 6.07) is 14.0. The maximum absolute atomic E-state index is 12.4. The van der Waals surface area contributed by atoms with Gasteiger partial charge in [-0.05, 0) is 36.8 Å². The molecule has 0 aliphatic carbocycles. The smallest absolute Gasteiger partial charge is 0.337 e. The molecule has 0 aliphatic heterocycles. The molecule has 30 heavy (non-hydrogen) atoms. The molecule has 2 aromatic carbocycles. The molecule has 0 saturated heterocycles. The van der Waals surface area contributed by atoms with E-state index < -0.39 is 5.97 Å². The standard InChI is InChI=1S/C22H27N3O5/c1-4-25(15-21(27)24-18-7-5-6-8-19(18)29-2)14-20(26)23-13-16-9-11-17(12-10-16)22(28)30-3/h5-12H,4,13-15H2,1-3H3,(H,23,26)(H,24,27)/p+1. The van der Waals surface area contributed by atoms with Crippen molar-refractivity contribution in [3.8, 4) is 5.75 Å². The molecule has 0 saturated carbocycles. The van der Waals surface area contributed by atoms with Crippen LogP contribution < -0.4 is 20.3 Å². The minimum Gasteiger partial charge on any atom is -0.495 e. The minimum absolute atomic E-state index is 0.158. The third-order valence-corrected chi connectivity index (χ3v) is 4.57. The number of hydrogen-bond acceptors (Lipinski definition) is 5. The molecule has 0 aromatic heterocycles. The predicted molar refractivity (Wildman–Crippen MR) is 112 cm³/mol. The highest BCUT2D eigenvalue weighted by molar-refractivity contribution is 5.93. The molecule has 2 rings (SSSR count). The Morgan fingerprint density at radius 2 is 1.60 bits per heavy atom. The Morgan fingerprint density at radius 3 is 2.23 bits per heavy atom. The molecule has 0 spiro atoms. The first-order valence-electron chi connectivity index (χ1n) is 9.67. The average molecular weight is 414 g/mol. The van der Waals surface area contributed by atoms with Gasteiger partial charge < -0.3 is 25.0 Å². The second kappa shape index (κ2) is 11.6. The summed E-state index contributed by atoms with van der Waals surface area (Å²) < 4.78 is 9.89. The van der Waals surface area contributed by atoms with Crippen molar-refractivity contribution in [3.63, 3.8) is 0 Å². The average Bonchev–Trinajstić information content (AvgIpc) is 2.77. The Labute approximate surface area is 176 Å². The van der Waals surface area contributed by atoms with Gasteiger partial charge in [0, 0.05) is 6.54 Å². The van der Waals surface area contributed by atoms with E-state index >= 15 is 0 Å². The summed E-state index contributed by atoms with van der Waals surface area (Å²) in [7, 11) is 2.87. The van der Waals surface area contributed by atoms with Gasteiger partial charge in [-0.25, -0.2) is 4.79 Å². The van der Waals surface area contributed by atoms with Crippen LogP contribution in [0.5, 0.6) is 5.75 Å². The number of hydrogen-bond donors (Lipinski definition) is 3. The van der Waals surface area contributed by atoms with Crippen LogP contribution in [0.3, 0.4) is 0 Å². The summed E-state index contributed by atoms with van der Waals surface area (Å²) in [5.74, 6) is -0.171. The third kappa shape index (κ3) is 6.89. The molecular formula is C22H28N3O5+. The number of nitrogens with one attached hydrogen (secondary N) is 3. The highest BCUT2D eigenvalue weighted by Gasteiger charge is 2.17. The topological polar surface area (TPSA) is 98.2 Å². The van der Waals surface area contributed by atoms with Crippen molar-refractivity contribution >= 4 is 23.5 Å². The van der Waals surface area contributed by atoms with Gasteiger partial charge in [-0.15, -0.1) is 0 Å². The number of likely N-dealkylation sites (N-methyl/N-ethyl adjacent to an activating group) is 1. The van der Waals surface area contributed by atoms with E-state index in [-0.39, 0.29) is 24.9 Å². The summed E-state index contributed by atoms with van der Waals surface area (Å²) in [5, 5.41) is 5.66. The zero-order valence-corrected chi connectivity index (χ0v) is 17.5. The van der Waals surface area contributed by atoms with Gasteiger partial charge in [0.15, 0.2) is 13.1 Å². The number of carbonyl (C=O) groups excluding carboxylic acids is 3. The van der Waals surface area contributed by atoms with Crippen LogP contribution in [0.2, 0.25) is 0 Å². The SMILES string of the molecule is CC[NH+](CC(=O)NCc1ccc(C(=O)OC)cc1)CC(=O)Nc1ccccc1OC. The third-order valence-electron chi connectivity index (χ3n) is 4.57. The van der Waals surface area contributed by atoms with Crippen molar-refractivity contribution in [2.24, 2.45) is 0 Å². The Balaban J connectivity index is 1.82. The van der Waals surface area contributed by atoms with E-state index in [0.29, 0.717) is 30.1 Å². The first kappa shape index (κ1) is 22.9. The van der Waals surface area contributed by atoms with E-state index in [2.05, 4.69) is 15.4 Å². The fourth-order valence-electron chi connectivity index (χ4n) is 2.85. The molecule has 0 fully saturated rings. The number of esters is 1. The van der Waals surface area contributed by atoms with Gasteiger partial charge in [-0.2, -0.15) is 0 Å². The first-order chi connectivity index (χ1) is 14.5. The molecule has 2 amide bonds. The zero-order valence-electron chi connectivity index (χ0n) is 17.5. The number of methoxy groups -OCH3 is 2. The van der Waals surface area contributed by atoms with Crippen molar-refractivity contribution in [3.05, 3.63) is 59.7 Å². The van der Waals surface area contributed by atoms with Crippen molar-refractivity contribution in [1.29, 1.82) is 0 Å². The molecule has 3 N–H and O–H groups in total. The number of quaternary nitrogens is 1. The summed E-state index contributed by atoms with van der Waals surface area (Å²) in [4.78, 5) is 36.9. The van der Waals surface area contributed by atoms with E-state index in [0.717, 1.165) is 10.5 Å². The molecule has 8 heteroatoms. The number of benzene rings is 2. The quantitative estimate of drug-likeness (QED) is 0.496. The lowest BCUT2D eigenvalue weighted by atomic mass is 10.1. The highest BCUT2D eigenvalue weighted by atomic mass is 16.5. The monoisotopic (exact) mass is 414 g/mol. The van der Waals surface area contributed by atoms with Crippen molar-refractivity contribution in [2.75, 3.05) is 39.2 Å². The van der Waals surface area contributed by atoms with E-state index in [4.69, 9.17) is 4.74 Å². The van der Waals surface area contributed by atoms with Crippen LogP contribution in [-0.4, -0.2) is 51.6 Å². The van der Waals surface area contributed by atoms with Crippen molar-refractivity contribution in [1.82, 2.24) is 5.32 Å². The summed E-state index contributed by atoms with van der Waals surface area (Å²) in [6.45, 7) is 3.22. The van der Waals surface area contributed by atoms with Gasteiger partial charge in [0.05, 0.1) is 32.0 Å². The molecule has 0 heterocycles. The van der Waals surface area contributed by atoms with Crippen LogP contribution in [0.15, 0.2) is 48.5 Å². The molecule has 0 aliphatic rings. The van der Waals surface area contributed by atoms with Crippen LogP contribution >= 0.6 is 0 Å². The normalized spacial score (nSPS) is 11.3. The summed E-state index contributed by atoms with van der Waals surface area (Å²) >= 11 is 0. The van der Waals surface area contributed by atoms with Crippen molar-refractivity contribution in [2.45, 2.75) is 13.5 Å². The fourth-order valence-corrected chi connectivity index (χ4v) is 2.85. The van der Waals surface area contributed by atoms with E-state index in [1.165, 1.54) is 7.11 Å². The van der Waals surface area contributed by atoms with Crippen LogP contribution in [0.4, 0.5) is 5.69 Å². The van der Waals surface area contributed by atoms with E-state index in [9.17, 15) is 14.4 Å². The highest BCUT2D eigenvalue weighted by Crippen LogP contribution is 2.22. The maximum atomic E-state index is 12.4. The van der Waals surface area contributed by atoms with Gasteiger partial charge in [0.2, 0.25) is 0 Å².